The van der Waals surface area contributed by atoms with Crippen LogP contribution in [0.15, 0.2) is 41.7 Å². The number of hydrogen-bond donors (Lipinski definition) is 2. The van der Waals surface area contributed by atoms with E-state index >= 15 is 0 Å². The number of aromatic nitrogens is 1. The molecule has 1 aromatic heterocycles. The zero-order valence-electron chi connectivity index (χ0n) is 11.9. The third kappa shape index (κ3) is 3.08. The Hall–Kier alpha value is -2.27. The molecule has 0 aliphatic carbocycles. The average Bonchev–Trinajstić information content (AvgIpc) is 2.50. The first kappa shape index (κ1) is 15.1. The van der Waals surface area contributed by atoms with E-state index < -0.39 is 0 Å². The van der Waals surface area contributed by atoms with E-state index in [0.717, 1.165) is 5.69 Å². The van der Waals surface area contributed by atoms with Crippen LogP contribution in [0, 0.1) is 6.92 Å². The molecule has 1 aromatic carbocycles. The Morgan fingerprint density at radius 2 is 2.00 bits per heavy atom. The van der Waals surface area contributed by atoms with Crippen molar-refractivity contribution >= 4 is 28.9 Å². The molecule has 21 heavy (non-hydrogen) atoms. The average molecular weight is 305 g/mol. The molecule has 0 spiro atoms. The van der Waals surface area contributed by atoms with E-state index in [2.05, 4.69) is 10.1 Å². The molecule has 0 aliphatic rings. The molecule has 0 atom stereocenters. The highest BCUT2D eigenvalue weighted by Gasteiger charge is 2.17. The van der Waals surface area contributed by atoms with Gasteiger partial charge in [0.05, 0.1) is 5.02 Å². The minimum Gasteiger partial charge on any atom is -0.409 e. The molecular weight excluding hydrogens is 288 g/mol. The molecule has 0 unspecified atom stereocenters. The standard InChI is InChI=1S/C15H17ClN4O/c1-3-20(11-6-4-10(2)5-7-11)15-13(16)12(8-9-18-15)14(17)19-21/h4-9,21H,3H2,1-2H3,(H2,17,19). The van der Waals surface area contributed by atoms with Crippen LogP contribution in [0.4, 0.5) is 11.5 Å². The van der Waals surface area contributed by atoms with Gasteiger partial charge in [-0.3, -0.25) is 0 Å². The zero-order valence-corrected chi connectivity index (χ0v) is 12.7. The first-order valence-corrected chi connectivity index (χ1v) is 6.92. The maximum atomic E-state index is 8.82. The van der Waals surface area contributed by atoms with Crippen molar-refractivity contribution in [2.24, 2.45) is 10.9 Å². The van der Waals surface area contributed by atoms with Crippen LogP contribution in [0.1, 0.15) is 18.1 Å². The summed E-state index contributed by atoms with van der Waals surface area (Å²) in [5.74, 6) is 0.538. The monoisotopic (exact) mass is 304 g/mol. The van der Waals surface area contributed by atoms with Gasteiger partial charge in [0.2, 0.25) is 0 Å². The van der Waals surface area contributed by atoms with Crippen molar-refractivity contribution < 1.29 is 5.21 Å². The van der Waals surface area contributed by atoms with Gasteiger partial charge in [-0.2, -0.15) is 0 Å². The number of pyridine rings is 1. The van der Waals surface area contributed by atoms with E-state index in [0.29, 0.717) is 22.9 Å². The van der Waals surface area contributed by atoms with Crippen molar-refractivity contribution in [1.29, 1.82) is 0 Å². The van der Waals surface area contributed by atoms with Crippen LogP contribution < -0.4 is 10.6 Å². The summed E-state index contributed by atoms with van der Waals surface area (Å²) in [6, 6.07) is 9.68. The highest BCUT2D eigenvalue weighted by atomic mass is 35.5. The number of rotatable bonds is 4. The van der Waals surface area contributed by atoms with Gasteiger partial charge in [-0.15, -0.1) is 0 Å². The van der Waals surface area contributed by atoms with Gasteiger partial charge in [0.15, 0.2) is 11.7 Å². The summed E-state index contributed by atoms with van der Waals surface area (Å²) in [6.07, 6.45) is 1.59. The normalized spacial score (nSPS) is 11.5. The summed E-state index contributed by atoms with van der Waals surface area (Å²) < 4.78 is 0. The van der Waals surface area contributed by atoms with Crippen molar-refractivity contribution in [3.8, 4) is 0 Å². The van der Waals surface area contributed by atoms with Gasteiger partial charge >= 0.3 is 0 Å². The summed E-state index contributed by atoms with van der Waals surface area (Å²) in [4.78, 5) is 6.30. The van der Waals surface area contributed by atoms with Crippen molar-refractivity contribution in [2.75, 3.05) is 11.4 Å². The van der Waals surface area contributed by atoms with Gasteiger partial charge in [-0.1, -0.05) is 34.5 Å². The number of anilines is 2. The fraction of sp³-hybridized carbons (Fsp3) is 0.200. The number of aryl methyl sites for hydroxylation is 1. The number of hydrogen-bond acceptors (Lipinski definition) is 4. The summed E-state index contributed by atoms with van der Waals surface area (Å²) in [5.41, 5.74) is 8.25. The highest BCUT2D eigenvalue weighted by molar-refractivity contribution is 6.36. The van der Waals surface area contributed by atoms with E-state index in [4.69, 9.17) is 22.5 Å². The molecule has 0 fully saturated rings. The lowest BCUT2D eigenvalue weighted by Crippen LogP contribution is -2.20. The van der Waals surface area contributed by atoms with Crippen molar-refractivity contribution in [3.63, 3.8) is 0 Å². The summed E-state index contributed by atoms with van der Waals surface area (Å²) in [6.45, 7) is 4.73. The van der Waals surface area contributed by atoms with Crippen LogP contribution in [0.2, 0.25) is 5.02 Å². The van der Waals surface area contributed by atoms with Crippen LogP contribution in [-0.4, -0.2) is 22.6 Å². The second-order valence-corrected chi connectivity index (χ2v) is 4.94. The largest absolute Gasteiger partial charge is 0.409 e. The number of halogens is 1. The van der Waals surface area contributed by atoms with E-state index in [1.807, 2.05) is 43.0 Å². The fourth-order valence-corrected chi connectivity index (χ4v) is 2.36. The number of oxime groups is 1. The summed E-state index contributed by atoms with van der Waals surface area (Å²) in [5, 5.41) is 12.2. The topological polar surface area (TPSA) is 74.7 Å². The molecule has 0 saturated carbocycles. The lowest BCUT2D eigenvalue weighted by molar-refractivity contribution is 0.318. The van der Waals surface area contributed by atoms with Crippen molar-refractivity contribution in [3.05, 3.63) is 52.7 Å². The lowest BCUT2D eigenvalue weighted by Gasteiger charge is -2.24. The number of benzene rings is 1. The SMILES string of the molecule is CCN(c1ccc(C)cc1)c1nccc(/C(N)=N/O)c1Cl. The van der Waals surface area contributed by atoms with Crippen LogP contribution in [-0.2, 0) is 0 Å². The predicted octanol–water partition coefficient (Wildman–Crippen LogP) is 3.30. The Morgan fingerprint density at radius 1 is 1.33 bits per heavy atom. The number of amidine groups is 1. The Morgan fingerprint density at radius 3 is 2.57 bits per heavy atom. The van der Waals surface area contributed by atoms with E-state index in [1.54, 1.807) is 12.3 Å². The molecule has 0 aliphatic heterocycles. The van der Waals surface area contributed by atoms with Crippen LogP contribution in [0.25, 0.3) is 0 Å². The van der Waals surface area contributed by atoms with Gasteiger partial charge in [-0.25, -0.2) is 4.98 Å². The Labute approximate surface area is 128 Å². The first-order valence-electron chi connectivity index (χ1n) is 6.55. The van der Waals surface area contributed by atoms with Gasteiger partial charge in [0.1, 0.15) is 0 Å². The first-order chi connectivity index (χ1) is 10.1. The fourth-order valence-electron chi connectivity index (χ4n) is 2.05. The van der Waals surface area contributed by atoms with Crippen LogP contribution in [0.5, 0.6) is 0 Å². The number of nitrogens with two attached hydrogens (primary N) is 1. The van der Waals surface area contributed by atoms with Crippen molar-refractivity contribution in [2.45, 2.75) is 13.8 Å². The molecule has 110 valence electrons. The van der Waals surface area contributed by atoms with Crippen LogP contribution in [0.3, 0.4) is 0 Å². The third-order valence-electron chi connectivity index (χ3n) is 3.17. The maximum absolute atomic E-state index is 8.82. The van der Waals surface area contributed by atoms with Gasteiger partial charge in [-0.05, 0) is 32.0 Å². The molecule has 1 heterocycles. The molecule has 2 rings (SSSR count). The summed E-state index contributed by atoms with van der Waals surface area (Å²) in [7, 11) is 0. The molecule has 3 N–H and O–H groups in total. The van der Waals surface area contributed by atoms with E-state index in [1.165, 1.54) is 5.56 Å². The Bertz CT molecular complexity index is 655. The molecule has 0 bridgehead atoms. The third-order valence-corrected chi connectivity index (χ3v) is 3.54. The van der Waals surface area contributed by atoms with Gasteiger partial charge in [0, 0.05) is 24.0 Å². The molecule has 0 saturated heterocycles. The molecule has 5 nitrogen and oxygen atoms in total. The molecule has 0 amide bonds. The van der Waals surface area contributed by atoms with E-state index in [-0.39, 0.29) is 5.84 Å². The summed E-state index contributed by atoms with van der Waals surface area (Å²) >= 11 is 6.36. The Kier molecular flexibility index (Phi) is 4.65. The van der Waals surface area contributed by atoms with E-state index in [9.17, 15) is 0 Å². The van der Waals surface area contributed by atoms with Gasteiger partial charge in [0.25, 0.3) is 0 Å². The molecule has 2 aromatic rings. The molecular formula is C15H17ClN4O. The second kappa shape index (κ2) is 6.45. The Balaban J connectivity index is 2.50. The van der Waals surface area contributed by atoms with Crippen molar-refractivity contribution in [1.82, 2.24) is 4.98 Å². The maximum Gasteiger partial charge on any atom is 0.171 e. The molecule has 6 heteroatoms. The zero-order chi connectivity index (χ0) is 15.4. The number of nitrogens with zero attached hydrogens (tertiary/aromatic N) is 3. The minimum absolute atomic E-state index is 0.0383. The predicted molar refractivity (Wildman–Crippen MR) is 85.6 cm³/mol. The molecule has 0 radical (unpaired) electrons. The second-order valence-electron chi connectivity index (χ2n) is 4.56. The smallest absolute Gasteiger partial charge is 0.171 e. The van der Waals surface area contributed by atoms with Crippen LogP contribution >= 0.6 is 11.6 Å². The lowest BCUT2D eigenvalue weighted by atomic mass is 10.2. The quantitative estimate of drug-likeness (QED) is 0.393. The van der Waals surface area contributed by atoms with Gasteiger partial charge < -0.3 is 15.8 Å². The highest BCUT2D eigenvalue weighted by Crippen LogP contribution is 2.32. The minimum atomic E-state index is -0.0383.